The Morgan fingerprint density at radius 2 is 2.05 bits per heavy atom. The molecule has 2 rings (SSSR count). The Labute approximate surface area is 109 Å². The molecule has 0 saturated carbocycles. The van der Waals surface area contributed by atoms with Crippen molar-refractivity contribution in [3.63, 3.8) is 0 Å². The van der Waals surface area contributed by atoms with Crippen molar-refractivity contribution in [3.8, 4) is 0 Å². The van der Waals surface area contributed by atoms with Gasteiger partial charge in [0.05, 0.1) is 0 Å². The molecule has 0 saturated heterocycles. The molecule has 2 amide bonds. The van der Waals surface area contributed by atoms with Crippen LogP contribution in [0, 0.1) is 6.92 Å². The van der Waals surface area contributed by atoms with Gasteiger partial charge in [-0.15, -0.1) is 0 Å². The third-order valence-electron chi connectivity index (χ3n) is 2.44. The third kappa shape index (κ3) is 3.15. The van der Waals surface area contributed by atoms with Crippen molar-refractivity contribution in [1.82, 2.24) is 15.2 Å². The molecule has 0 atom stereocenters. The van der Waals surface area contributed by atoms with E-state index in [-0.39, 0.29) is 11.7 Å². The molecule has 3 N–H and O–H groups in total. The predicted molar refractivity (Wildman–Crippen MR) is 69.8 cm³/mol. The van der Waals surface area contributed by atoms with Crippen LogP contribution in [0.4, 0.5) is 11.4 Å². The Bertz CT molecular complexity index is 607. The fraction of sp³-hybridized carbons (Fsp3) is 0.167. The van der Waals surface area contributed by atoms with Gasteiger partial charge in [0.15, 0.2) is 0 Å². The van der Waals surface area contributed by atoms with Crippen molar-refractivity contribution >= 4 is 23.2 Å². The largest absolute Gasteiger partial charge is 0.326 e. The lowest BCUT2D eigenvalue weighted by Crippen LogP contribution is -2.14. The Morgan fingerprint density at radius 3 is 2.68 bits per heavy atom. The van der Waals surface area contributed by atoms with Gasteiger partial charge in [-0.3, -0.25) is 14.7 Å². The number of hydrogen-bond donors (Lipinski definition) is 3. The molecule has 0 bridgehead atoms. The minimum Gasteiger partial charge on any atom is -0.326 e. The maximum atomic E-state index is 11.8. The van der Waals surface area contributed by atoms with E-state index in [4.69, 9.17) is 0 Å². The second kappa shape index (κ2) is 5.30. The number of aromatic nitrogens is 3. The molecule has 19 heavy (non-hydrogen) atoms. The quantitative estimate of drug-likeness (QED) is 0.774. The van der Waals surface area contributed by atoms with Gasteiger partial charge >= 0.3 is 0 Å². The van der Waals surface area contributed by atoms with E-state index in [9.17, 15) is 9.59 Å². The summed E-state index contributed by atoms with van der Waals surface area (Å²) in [6.45, 7) is 3.30. The van der Waals surface area contributed by atoms with Gasteiger partial charge in [0.1, 0.15) is 6.33 Å². The highest BCUT2D eigenvalue weighted by molar-refractivity contribution is 6.02. The van der Waals surface area contributed by atoms with Crippen LogP contribution >= 0.6 is 0 Å². The zero-order valence-electron chi connectivity index (χ0n) is 10.5. The van der Waals surface area contributed by atoms with Crippen LogP contribution in [0.25, 0.3) is 0 Å². The highest BCUT2D eigenvalue weighted by Crippen LogP contribution is 2.20. The Balaban J connectivity index is 2.17. The summed E-state index contributed by atoms with van der Waals surface area (Å²) in [6, 6.07) is 5.24. The number of nitrogens with zero attached hydrogens (tertiary/aromatic N) is 2. The van der Waals surface area contributed by atoms with E-state index < -0.39 is 5.91 Å². The summed E-state index contributed by atoms with van der Waals surface area (Å²) < 4.78 is 0. The molecule has 0 aliphatic rings. The molecule has 1 aromatic heterocycles. The molecule has 2 aromatic rings. The zero-order valence-corrected chi connectivity index (χ0v) is 10.5. The SMILES string of the molecule is CC(=O)Nc1cc(NC(=O)c2ncn[nH]2)ccc1C. The molecule has 0 fully saturated rings. The van der Waals surface area contributed by atoms with Gasteiger partial charge in [-0.25, -0.2) is 4.98 Å². The summed E-state index contributed by atoms with van der Waals surface area (Å²) in [5, 5.41) is 11.4. The number of benzene rings is 1. The van der Waals surface area contributed by atoms with Crippen molar-refractivity contribution < 1.29 is 9.59 Å². The monoisotopic (exact) mass is 259 g/mol. The first-order chi connectivity index (χ1) is 9.06. The number of carbonyl (C=O) groups excluding carboxylic acids is 2. The van der Waals surface area contributed by atoms with E-state index in [0.717, 1.165) is 5.56 Å². The number of carbonyl (C=O) groups is 2. The van der Waals surface area contributed by atoms with Crippen molar-refractivity contribution in [2.75, 3.05) is 10.6 Å². The van der Waals surface area contributed by atoms with Gasteiger partial charge in [-0.05, 0) is 24.6 Å². The highest BCUT2D eigenvalue weighted by Gasteiger charge is 2.10. The summed E-state index contributed by atoms with van der Waals surface area (Å²) in [4.78, 5) is 26.6. The van der Waals surface area contributed by atoms with Gasteiger partial charge in [0.25, 0.3) is 5.91 Å². The van der Waals surface area contributed by atoms with Gasteiger partial charge < -0.3 is 10.6 Å². The predicted octanol–water partition coefficient (Wildman–Crippen LogP) is 1.32. The molecular weight excluding hydrogens is 246 g/mol. The summed E-state index contributed by atoms with van der Waals surface area (Å²) >= 11 is 0. The van der Waals surface area contributed by atoms with E-state index in [1.165, 1.54) is 13.3 Å². The van der Waals surface area contributed by atoms with Crippen LogP contribution in [0.3, 0.4) is 0 Å². The van der Waals surface area contributed by atoms with E-state index in [2.05, 4.69) is 25.8 Å². The molecule has 0 unspecified atom stereocenters. The Kier molecular flexibility index (Phi) is 3.56. The average molecular weight is 259 g/mol. The zero-order chi connectivity index (χ0) is 13.8. The first-order valence-corrected chi connectivity index (χ1v) is 5.61. The number of rotatable bonds is 3. The number of hydrogen-bond acceptors (Lipinski definition) is 4. The minimum atomic E-state index is -0.393. The van der Waals surface area contributed by atoms with E-state index in [0.29, 0.717) is 11.4 Å². The van der Waals surface area contributed by atoms with E-state index in [1.54, 1.807) is 18.2 Å². The molecule has 0 radical (unpaired) electrons. The van der Waals surface area contributed by atoms with Gasteiger partial charge in [0.2, 0.25) is 11.7 Å². The van der Waals surface area contributed by atoms with Crippen LogP contribution < -0.4 is 10.6 Å². The Morgan fingerprint density at radius 1 is 1.26 bits per heavy atom. The average Bonchev–Trinajstić information content (AvgIpc) is 2.86. The van der Waals surface area contributed by atoms with Gasteiger partial charge in [-0.2, -0.15) is 5.10 Å². The van der Waals surface area contributed by atoms with Crippen molar-refractivity contribution in [3.05, 3.63) is 35.9 Å². The molecular formula is C12H13N5O2. The van der Waals surface area contributed by atoms with Crippen molar-refractivity contribution in [1.29, 1.82) is 0 Å². The third-order valence-corrected chi connectivity index (χ3v) is 2.44. The minimum absolute atomic E-state index is 0.127. The molecule has 0 spiro atoms. The lowest BCUT2D eigenvalue weighted by atomic mass is 10.1. The van der Waals surface area contributed by atoms with Crippen LogP contribution in [0.15, 0.2) is 24.5 Å². The molecule has 7 heteroatoms. The second-order valence-corrected chi connectivity index (χ2v) is 4.00. The van der Waals surface area contributed by atoms with Crippen LogP contribution in [-0.2, 0) is 4.79 Å². The van der Waals surface area contributed by atoms with Gasteiger partial charge in [-0.1, -0.05) is 6.07 Å². The maximum absolute atomic E-state index is 11.8. The first kappa shape index (κ1) is 12.7. The topological polar surface area (TPSA) is 99.8 Å². The van der Waals surface area contributed by atoms with E-state index >= 15 is 0 Å². The number of H-pyrrole nitrogens is 1. The number of nitrogens with one attached hydrogen (secondary N) is 3. The first-order valence-electron chi connectivity index (χ1n) is 5.61. The Hall–Kier alpha value is -2.70. The summed E-state index contributed by atoms with van der Waals surface area (Å²) in [6.07, 6.45) is 1.26. The van der Waals surface area contributed by atoms with E-state index in [1.807, 2.05) is 6.92 Å². The smallest absolute Gasteiger partial charge is 0.292 e. The summed E-state index contributed by atoms with van der Waals surface area (Å²) in [7, 11) is 0. The van der Waals surface area contributed by atoms with Gasteiger partial charge in [0, 0.05) is 18.3 Å². The molecule has 0 aliphatic carbocycles. The highest BCUT2D eigenvalue weighted by atomic mass is 16.2. The van der Waals surface area contributed by atoms with Crippen LogP contribution in [-0.4, -0.2) is 27.0 Å². The lowest BCUT2D eigenvalue weighted by molar-refractivity contribution is -0.114. The number of anilines is 2. The van der Waals surface area contributed by atoms with Crippen LogP contribution in [0.2, 0.25) is 0 Å². The fourth-order valence-corrected chi connectivity index (χ4v) is 1.53. The van der Waals surface area contributed by atoms with Crippen LogP contribution in [0.5, 0.6) is 0 Å². The summed E-state index contributed by atoms with van der Waals surface area (Å²) in [5.41, 5.74) is 2.13. The molecule has 0 aliphatic heterocycles. The number of aryl methyl sites for hydroxylation is 1. The number of aromatic amines is 1. The standard InChI is InChI=1S/C12H13N5O2/c1-7-3-4-9(5-10(7)15-8(2)18)16-12(19)11-13-6-14-17-11/h3-6H,1-2H3,(H,15,18)(H,16,19)(H,13,14,17). The molecule has 1 aromatic carbocycles. The second-order valence-electron chi connectivity index (χ2n) is 4.00. The molecule has 98 valence electrons. The lowest BCUT2D eigenvalue weighted by Gasteiger charge is -2.09. The molecule has 7 nitrogen and oxygen atoms in total. The van der Waals surface area contributed by atoms with Crippen LogP contribution in [0.1, 0.15) is 23.1 Å². The molecule has 1 heterocycles. The van der Waals surface area contributed by atoms with Crippen molar-refractivity contribution in [2.24, 2.45) is 0 Å². The fourth-order valence-electron chi connectivity index (χ4n) is 1.53. The maximum Gasteiger partial charge on any atom is 0.292 e. The van der Waals surface area contributed by atoms with Crippen molar-refractivity contribution in [2.45, 2.75) is 13.8 Å². The number of amides is 2. The summed E-state index contributed by atoms with van der Waals surface area (Å²) in [5.74, 6) is -0.432. The normalized spacial score (nSPS) is 10.0.